The summed E-state index contributed by atoms with van der Waals surface area (Å²) >= 11 is 0. The van der Waals surface area contributed by atoms with Crippen molar-refractivity contribution in [1.29, 1.82) is 5.26 Å². The van der Waals surface area contributed by atoms with Crippen molar-refractivity contribution < 1.29 is 0 Å². The molecule has 1 aliphatic rings. The SMILES string of the molecule is CCN(CC)C1CCN(CCCC(C)(C#N)NC)C1. The van der Waals surface area contributed by atoms with Gasteiger partial charge in [0.15, 0.2) is 0 Å². The van der Waals surface area contributed by atoms with Gasteiger partial charge in [-0.1, -0.05) is 13.8 Å². The van der Waals surface area contributed by atoms with Crippen LogP contribution in [0.3, 0.4) is 0 Å². The lowest BCUT2D eigenvalue weighted by atomic mass is 9.98. The average Bonchev–Trinajstić information content (AvgIpc) is 2.89. The summed E-state index contributed by atoms with van der Waals surface area (Å²) in [6, 6.07) is 3.10. The summed E-state index contributed by atoms with van der Waals surface area (Å²) in [6.07, 6.45) is 3.31. The van der Waals surface area contributed by atoms with Crippen LogP contribution in [0.4, 0.5) is 0 Å². The van der Waals surface area contributed by atoms with Crippen LogP contribution in [-0.4, -0.2) is 61.2 Å². The van der Waals surface area contributed by atoms with Crippen molar-refractivity contribution in [3.8, 4) is 6.07 Å². The molecule has 1 fully saturated rings. The Balaban J connectivity index is 2.28. The Labute approximate surface area is 118 Å². The number of hydrogen-bond acceptors (Lipinski definition) is 4. The fraction of sp³-hybridized carbons (Fsp3) is 0.933. The molecule has 0 aromatic carbocycles. The van der Waals surface area contributed by atoms with Crippen LogP contribution < -0.4 is 5.32 Å². The largest absolute Gasteiger partial charge is 0.303 e. The molecule has 1 heterocycles. The van der Waals surface area contributed by atoms with E-state index in [0.717, 1.165) is 38.5 Å². The predicted molar refractivity (Wildman–Crippen MR) is 80.1 cm³/mol. The van der Waals surface area contributed by atoms with Crippen LogP contribution in [0.25, 0.3) is 0 Å². The smallest absolute Gasteiger partial charge is 0.103 e. The minimum atomic E-state index is -0.363. The Hall–Kier alpha value is -0.630. The first-order valence-corrected chi connectivity index (χ1v) is 7.65. The lowest BCUT2D eigenvalue weighted by Gasteiger charge is -2.26. The van der Waals surface area contributed by atoms with Gasteiger partial charge in [0.05, 0.1) is 6.07 Å². The van der Waals surface area contributed by atoms with Crippen molar-refractivity contribution in [3.63, 3.8) is 0 Å². The molecule has 0 aliphatic carbocycles. The van der Waals surface area contributed by atoms with Gasteiger partial charge in [-0.2, -0.15) is 5.26 Å². The number of likely N-dealkylation sites (tertiary alicyclic amines) is 1. The molecule has 0 spiro atoms. The molecule has 4 nitrogen and oxygen atoms in total. The number of nitrogens with one attached hydrogen (secondary N) is 1. The minimum Gasteiger partial charge on any atom is -0.303 e. The third kappa shape index (κ3) is 4.76. The molecule has 1 aliphatic heterocycles. The Bertz CT molecular complexity index is 295. The van der Waals surface area contributed by atoms with E-state index >= 15 is 0 Å². The van der Waals surface area contributed by atoms with E-state index in [9.17, 15) is 0 Å². The first kappa shape index (κ1) is 16.4. The van der Waals surface area contributed by atoms with Gasteiger partial charge in [0.1, 0.15) is 5.54 Å². The van der Waals surface area contributed by atoms with Crippen LogP contribution >= 0.6 is 0 Å². The van der Waals surface area contributed by atoms with E-state index in [-0.39, 0.29) is 5.54 Å². The summed E-state index contributed by atoms with van der Waals surface area (Å²) in [5.41, 5.74) is -0.363. The molecular formula is C15H30N4. The second kappa shape index (κ2) is 7.84. The summed E-state index contributed by atoms with van der Waals surface area (Å²) < 4.78 is 0. The molecule has 0 aromatic heterocycles. The number of nitriles is 1. The van der Waals surface area contributed by atoms with Gasteiger partial charge in [-0.3, -0.25) is 4.90 Å². The second-order valence-corrected chi connectivity index (χ2v) is 5.76. The van der Waals surface area contributed by atoms with Gasteiger partial charge >= 0.3 is 0 Å². The highest BCUT2D eigenvalue weighted by Crippen LogP contribution is 2.17. The van der Waals surface area contributed by atoms with Crippen molar-refractivity contribution in [2.24, 2.45) is 0 Å². The van der Waals surface area contributed by atoms with Crippen LogP contribution in [0, 0.1) is 11.3 Å². The van der Waals surface area contributed by atoms with Crippen LogP contribution in [0.2, 0.25) is 0 Å². The maximum absolute atomic E-state index is 9.12. The molecule has 0 amide bonds. The molecular weight excluding hydrogens is 236 g/mol. The Kier molecular flexibility index (Phi) is 6.78. The van der Waals surface area contributed by atoms with Crippen molar-refractivity contribution >= 4 is 0 Å². The summed E-state index contributed by atoms with van der Waals surface area (Å²) in [5.74, 6) is 0. The molecule has 0 aromatic rings. The second-order valence-electron chi connectivity index (χ2n) is 5.76. The molecule has 0 saturated carbocycles. The van der Waals surface area contributed by atoms with Gasteiger partial charge in [-0.25, -0.2) is 0 Å². The van der Waals surface area contributed by atoms with Crippen LogP contribution in [0.5, 0.6) is 0 Å². The van der Waals surface area contributed by atoms with E-state index in [1.807, 2.05) is 14.0 Å². The number of hydrogen-bond donors (Lipinski definition) is 1. The van der Waals surface area contributed by atoms with E-state index < -0.39 is 0 Å². The summed E-state index contributed by atoms with van der Waals surface area (Å²) in [4.78, 5) is 5.11. The Morgan fingerprint density at radius 1 is 1.42 bits per heavy atom. The lowest BCUT2D eigenvalue weighted by Crippen LogP contribution is -2.39. The van der Waals surface area contributed by atoms with E-state index in [2.05, 4.69) is 35.0 Å². The first-order valence-electron chi connectivity index (χ1n) is 7.65. The molecule has 19 heavy (non-hydrogen) atoms. The van der Waals surface area contributed by atoms with Crippen molar-refractivity contribution in [1.82, 2.24) is 15.1 Å². The summed E-state index contributed by atoms with van der Waals surface area (Å²) in [5, 5.41) is 12.2. The molecule has 0 radical (unpaired) electrons. The van der Waals surface area contributed by atoms with Gasteiger partial charge in [0, 0.05) is 12.6 Å². The monoisotopic (exact) mass is 266 g/mol. The number of rotatable bonds is 8. The Morgan fingerprint density at radius 2 is 2.11 bits per heavy atom. The van der Waals surface area contributed by atoms with Crippen LogP contribution in [-0.2, 0) is 0 Å². The van der Waals surface area contributed by atoms with Gasteiger partial charge in [-0.05, 0) is 59.4 Å². The fourth-order valence-electron chi connectivity index (χ4n) is 2.95. The quantitative estimate of drug-likeness (QED) is 0.726. The van der Waals surface area contributed by atoms with Gasteiger partial charge in [0.25, 0.3) is 0 Å². The van der Waals surface area contributed by atoms with Gasteiger partial charge in [0.2, 0.25) is 0 Å². The molecule has 1 rings (SSSR count). The molecule has 1 saturated heterocycles. The topological polar surface area (TPSA) is 42.3 Å². The van der Waals surface area contributed by atoms with Crippen molar-refractivity contribution in [2.45, 2.75) is 51.6 Å². The van der Waals surface area contributed by atoms with Crippen LogP contribution in [0.1, 0.15) is 40.0 Å². The Morgan fingerprint density at radius 3 is 2.63 bits per heavy atom. The fourth-order valence-corrected chi connectivity index (χ4v) is 2.95. The van der Waals surface area contributed by atoms with E-state index in [1.165, 1.54) is 19.5 Å². The zero-order chi connectivity index (χ0) is 14.3. The van der Waals surface area contributed by atoms with Gasteiger partial charge in [-0.15, -0.1) is 0 Å². The molecule has 2 atom stereocenters. The molecule has 4 heteroatoms. The van der Waals surface area contributed by atoms with E-state index in [4.69, 9.17) is 5.26 Å². The number of likely N-dealkylation sites (N-methyl/N-ethyl adjacent to an activating group) is 1. The summed E-state index contributed by atoms with van der Waals surface area (Å²) in [7, 11) is 1.87. The van der Waals surface area contributed by atoms with Crippen LogP contribution in [0.15, 0.2) is 0 Å². The normalized spacial score (nSPS) is 23.5. The summed E-state index contributed by atoms with van der Waals surface area (Å²) in [6.45, 7) is 12.3. The molecule has 2 unspecified atom stereocenters. The highest BCUT2D eigenvalue weighted by molar-refractivity contribution is 5.02. The van der Waals surface area contributed by atoms with Gasteiger partial charge < -0.3 is 10.2 Å². The first-order chi connectivity index (χ1) is 9.08. The number of nitrogens with zero attached hydrogens (tertiary/aromatic N) is 3. The third-order valence-electron chi connectivity index (χ3n) is 4.53. The molecule has 110 valence electrons. The minimum absolute atomic E-state index is 0.363. The highest BCUT2D eigenvalue weighted by atomic mass is 15.2. The zero-order valence-corrected chi connectivity index (χ0v) is 13.1. The lowest BCUT2D eigenvalue weighted by molar-refractivity contribution is 0.209. The average molecular weight is 266 g/mol. The maximum atomic E-state index is 9.12. The predicted octanol–water partition coefficient (Wildman–Crippen LogP) is 1.68. The zero-order valence-electron chi connectivity index (χ0n) is 13.1. The van der Waals surface area contributed by atoms with E-state index in [0.29, 0.717) is 0 Å². The molecule has 0 bridgehead atoms. The maximum Gasteiger partial charge on any atom is 0.103 e. The van der Waals surface area contributed by atoms with Crippen molar-refractivity contribution in [3.05, 3.63) is 0 Å². The standard InChI is InChI=1S/C15H30N4/c1-5-19(6-2)14-8-11-18(12-14)10-7-9-15(3,13-16)17-4/h14,17H,5-12H2,1-4H3. The molecule has 1 N–H and O–H groups in total. The van der Waals surface area contributed by atoms with Crippen molar-refractivity contribution in [2.75, 3.05) is 39.8 Å². The van der Waals surface area contributed by atoms with E-state index in [1.54, 1.807) is 0 Å². The highest BCUT2D eigenvalue weighted by Gasteiger charge is 2.26. The third-order valence-corrected chi connectivity index (χ3v) is 4.53.